The van der Waals surface area contributed by atoms with Gasteiger partial charge in [-0.15, -0.1) is 0 Å². The highest BCUT2D eigenvalue weighted by atomic mass is 16.1. The molecule has 106 valence electrons. The van der Waals surface area contributed by atoms with Crippen molar-refractivity contribution in [1.82, 2.24) is 5.32 Å². The molecular weight excluding hydrogens is 236 g/mol. The summed E-state index contributed by atoms with van der Waals surface area (Å²) in [5.41, 5.74) is 7.40. The first-order valence-electron chi connectivity index (χ1n) is 7.22. The molecule has 3 N–H and O–H groups in total. The maximum Gasteiger partial charge on any atom is 0.251 e. The molecule has 0 heterocycles. The molecule has 1 atom stereocenters. The van der Waals surface area contributed by atoms with Gasteiger partial charge in [0.2, 0.25) is 0 Å². The highest BCUT2D eigenvalue weighted by Crippen LogP contribution is 2.13. The fraction of sp³-hybridized carbons (Fsp3) is 0.562. The standard InChI is InChI=1S/C16H26N2O/c1-4-14(5-2)12(3)18-16(19)15-8-6-13(7-9-15)10-11-17/h6-9,12,14H,4-5,10-11,17H2,1-3H3,(H,18,19). The smallest absolute Gasteiger partial charge is 0.251 e. The van der Waals surface area contributed by atoms with Gasteiger partial charge in [-0.3, -0.25) is 4.79 Å². The van der Waals surface area contributed by atoms with Gasteiger partial charge in [-0.1, -0.05) is 38.8 Å². The molecule has 0 fully saturated rings. The topological polar surface area (TPSA) is 55.1 Å². The van der Waals surface area contributed by atoms with Gasteiger partial charge >= 0.3 is 0 Å². The van der Waals surface area contributed by atoms with Crippen LogP contribution in [0.2, 0.25) is 0 Å². The lowest BCUT2D eigenvalue weighted by molar-refractivity contribution is 0.0925. The van der Waals surface area contributed by atoms with Crippen LogP contribution in [-0.2, 0) is 6.42 Å². The van der Waals surface area contributed by atoms with E-state index < -0.39 is 0 Å². The molecule has 1 rings (SSSR count). The predicted molar refractivity (Wildman–Crippen MR) is 80.2 cm³/mol. The first kappa shape index (κ1) is 15.7. The number of hydrogen-bond acceptors (Lipinski definition) is 2. The summed E-state index contributed by atoms with van der Waals surface area (Å²) in [6, 6.07) is 7.92. The molecule has 0 spiro atoms. The maximum atomic E-state index is 12.1. The molecule has 1 aromatic rings. The molecule has 3 heteroatoms. The molecule has 3 nitrogen and oxygen atoms in total. The van der Waals surface area contributed by atoms with Crippen molar-refractivity contribution in [1.29, 1.82) is 0 Å². The number of rotatable bonds is 7. The molecular formula is C16H26N2O. The van der Waals surface area contributed by atoms with E-state index in [1.54, 1.807) is 0 Å². The fourth-order valence-electron chi connectivity index (χ4n) is 2.39. The zero-order chi connectivity index (χ0) is 14.3. The van der Waals surface area contributed by atoms with Gasteiger partial charge < -0.3 is 11.1 Å². The summed E-state index contributed by atoms with van der Waals surface area (Å²) in [4.78, 5) is 12.1. The second kappa shape index (κ2) is 7.95. The lowest BCUT2D eigenvalue weighted by Gasteiger charge is -2.22. The molecule has 0 aliphatic carbocycles. The van der Waals surface area contributed by atoms with Gasteiger partial charge in [-0.05, 0) is 43.5 Å². The largest absolute Gasteiger partial charge is 0.349 e. The third-order valence-corrected chi connectivity index (χ3v) is 3.76. The summed E-state index contributed by atoms with van der Waals surface area (Å²) >= 11 is 0. The van der Waals surface area contributed by atoms with E-state index in [1.165, 1.54) is 5.56 Å². The third-order valence-electron chi connectivity index (χ3n) is 3.76. The summed E-state index contributed by atoms with van der Waals surface area (Å²) in [5, 5.41) is 3.09. The molecule has 0 aromatic heterocycles. The van der Waals surface area contributed by atoms with Gasteiger partial charge in [0.1, 0.15) is 0 Å². The van der Waals surface area contributed by atoms with Gasteiger partial charge in [-0.2, -0.15) is 0 Å². The van der Waals surface area contributed by atoms with Crippen LogP contribution >= 0.6 is 0 Å². The molecule has 1 unspecified atom stereocenters. The fourth-order valence-corrected chi connectivity index (χ4v) is 2.39. The van der Waals surface area contributed by atoms with Crippen LogP contribution < -0.4 is 11.1 Å². The Bertz CT molecular complexity index is 382. The van der Waals surface area contributed by atoms with Crippen molar-refractivity contribution in [2.24, 2.45) is 11.7 Å². The van der Waals surface area contributed by atoms with Crippen LogP contribution in [0.3, 0.4) is 0 Å². The Morgan fingerprint density at radius 3 is 2.26 bits per heavy atom. The average molecular weight is 262 g/mol. The van der Waals surface area contributed by atoms with E-state index in [2.05, 4.69) is 26.1 Å². The lowest BCUT2D eigenvalue weighted by Crippen LogP contribution is -2.37. The van der Waals surface area contributed by atoms with Gasteiger partial charge in [0.05, 0.1) is 0 Å². The van der Waals surface area contributed by atoms with Crippen LogP contribution in [0, 0.1) is 5.92 Å². The van der Waals surface area contributed by atoms with Gasteiger partial charge in [-0.25, -0.2) is 0 Å². The lowest BCUT2D eigenvalue weighted by atomic mass is 9.95. The third kappa shape index (κ3) is 4.67. The van der Waals surface area contributed by atoms with Crippen LogP contribution in [0.4, 0.5) is 0 Å². The number of benzene rings is 1. The predicted octanol–water partition coefficient (Wildman–Crippen LogP) is 2.74. The molecule has 0 bridgehead atoms. The van der Waals surface area contributed by atoms with Crippen molar-refractivity contribution in [3.63, 3.8) is 0 Å². The van der Waals surface area contributed by atoms with Gasteiger partial charge in [0, 0.05) is 11.6 Å². The number of carbonyl (C=O) groups is 1. The highest BCUT2D eigenvalue weighted by Gasteiger charge is 2.16. The molecule has 0 aliphatic heterocycles. The van der Waals surface area contributed by atoms with Crippen molar-refractivity contribution < 1.29 is 4.79 Å². The van der Waals surface area contributed by atoms with Crippen molar-refractivity contribution in [2.75, 3.05) is 6.54 Å². The molecule has 0 saturated carbocycles. The summed E-state index contributed by atoms with van der Waals surface area (Å²) in [6.45, 7) is 7.05. The Morgan fingerprint density at radius 2 is 1.79 bits per heavy atom. The molecule has 0 radical (unpaired) electrons. The number of carbonyl (C=O) groups excluding carboxylic acids is 1. The number of nitrogens with two attached hydrogens (primary N) is 1. The zero-order valence-corrected chi connectivity index (χ0v) is 12.3. The second-order valence-corrected chi connectivity index (χ2v) is 5.07. The highest BCUT2D eigenvalue weighted by molar-refractivity contribution is 5.94. The van der Waals surface area contributed by atoms with Crippen molar-refractivity contribution in [3.8, 4) is 0 Å². The summed E-state index contributed by atoms with van der Waals surface area (Å²) < 4.78 is 0. The Labute approximate surface area is 116 Å². The van der Waals surface area contributed by atoms with Gasteiger partial charge in [0.15, 0.2) is 0 Å². The van der Waals surface area contributed by atoms with E-state index in [9.17, 15) is 4.79 Å². The second-order valence-electron chi connectivity index (χ2n) is 5.07. The quantitative estimate of drug-likeness (QED) is 0.794. The number of hydrogen-bond donors (Lipinski definition) is 2. The minimum Gasteiger partial charge on any atom is -0.349 e. The van der Waals surface area contributed by atoms with E-state index in [1.807, 2.05) is 24.3 Å². The van der Waals surface area contributed by atoms with Crippen LogP contribution in [0.25, 0.3) is 0 Å². The first-order chi connectivity index (χ1) is 9.12. The van der Waals surface area contributed by atoms with E-state index in [0.29, 0.717) is 12.5 Å². The monoisotopic (exact) mass is 262 g/mol. The van der Waals surface area contributed by atoms with E-state index in [4.69, 9.17) is 5.73 Å². The van der Waals surface area contributed by atoms with Crippen molar-refractivity contribution in [2.45, 2.75) is 46.1 Å². The van der Waals surface area contributed by atoms with E-state index in [0.717, 1.165) is 24.8 Å². The normalized spacial score (nSPS) is 12.5. The van der Waals surface area contributed by atoms with Crippen molar-refractivity contribution >= 4 is 5.91 Å². The summed E-state index contributed by atoms with van der Waals surface area (Å²) in [6.07, 6.45) is 3.03. The Morgan fingerprint density at radius 1 is 1.21 bits per heavy atom. The minimum absolute atomic E-state index is 0.0127. The SMILES string of the molecule is CCC(CC)C(C)NC(=O)c1ccc(CCN)cc1. The molecule has 1 aromatic carbocycles. The van der Waals surface area contributed by atoms with Crippen LogP contribution in [0.1, 0.15) is 49.5 Å². The first-order valence-corrected chi connectivity index (χ1v) is 7.22. The van der Waals surface area contributed by atoms with Crippen LogP contribution in [0.5, 0.6) is 0 Å². The van der Waals surface area contributed by atoms with Crippen LogP contribution in [-0.4, -0.2) is 18.5 Å². The van der Waals surface area contributed by atoms with Crippen molar-refractivity contribution in [3.05, 3.63) is 35.4 Å². The Balaban J connectivity index is 2.62. The zero-order valence-electron chi connectivity index (χ0n) is 12.3. The minimum atomic E-state index is 0.0127. The van der Waals surface area contributed by atoms with E-state index >= 15 is 0 Å². The average Bonchev–Trinajstić information content (AvgIpc) is 2.41. The number of nitrogens with one attached hydrogen (secondary N) is 1. The Hall–Kier alpha value is -1.35. The summed E-state index contributed by atoms with van der Waals surface area (Å²) in [7, 11) is 0. The maximum absolute atomic E-state index is 12.1. The number of amides is 1. The van der Waals surface area contributed by atoms with Crippen LogP contribution in [0.15, 0.2) is 24.3 Å². The molecule has 0 aliphatic rings. The van der Waals surface area contributed by atoms with E-state index in [-0.39, 0.29) is 11.9 Å². The molecule has 19 heavy (non-hydrogen) atoms. The van der Waals surface area contributed by atoms with Gasteiger partial charge in [0.25, 0.3) is 5.91 Å². The molecule has 1 amide bonds. The summed E-state index contributed by atoms with van der Waals surface area (Å²) in [5.74, 6) is 0.555. The molecule has 0 saturated heterocycles. The Kier molecular flexibility index (Phi) is 6.57.